The smallest absolute Gasteiger partial charge is 0.346 e. The summed E-state index contributed by atoms with van der Waals surface area (Å²) in [6.45, 7) is 7.63. The molecule has 0 aliphatic rings. The molecule has 0 fully saturated rings. The van der Waals surface area contributed by atoms with E-state index in [1.54, 1.807) is 6.92 Å². The first-order chi connectivity index (χ1) is 5.72. The number of esters is 1. The van der Waals surface area contributed by atoms with E-state index in [4.69, 9.17) is 4.74 Å². The number of rotatable bonds is 4. The molecule has 0 aliphatic carbocycles. The second-order valence-corrected chi connectivity index (χ2v) is 2.34. The first-order valence-corrected chi connectivity index (χ1v) is 4.01. The lowest BCUT2D eigenvalue weighted by Crippen LogP contribution is -2.06. The van der Waals surface area contributed by atoms with Crippen molar-refractivity contribution in [1.82, 2.24) is 0 Å². The minimum atomic E-state index is -0.405. The molecule has 0 spiro atoms. The summed E-state index contributed by atoms with van der Waals surface area (Å²) < 4.78 is 4.86. The van der Waals surface area contributed by atoms with Crippen molar-refractivity contribution < 1.29 is 9.53 Å². The number of carbonyl (C=O) groups is 1. The van der Waals surface area contributed by atoms with Gasteiger partial charge >= 0.3 is 5.97 Å². The van der Waals surface area contributed by atoms with E-state index < -0.39 is 5.97 Å². The van der Waals surface area contributed by atoms with Crippen LogP contribution in [-0.2, 0) is 9.53 Å². The van der Waals surface area contributed by atoms with Crippen molar-refractivity contribution in [3.63, 3.8) is 0 Å². The van der Waals surface area contributed by atoms with Crippen LogP contribution in [0.15, 0.2) is 12.2 Å². The summed E-state index contributed by atoms with van der Waals surface area (Å²) in [6.07, 6.45) is 1.90. The van der Waals surface area contributed by atoms with E-state index in [9.17, 15) is 4.79 Å². The SMILES string of the molecule is C=C(C#CC)C(=O)OCCCC. The maximum Gasteiger partial charge on any atom is 0.346 e. The molecule has 0 aromatic carbocycles. The van der Waals surface area contributed by atoms with Crippen molar-refractivity contribution in [2.45, 2.75) is 26.7 Å². The van der Waals surface area contributed by atoms with Crippen LogP contribution >= 0.6 is 0 Å². The summed E-state index contributed by atoms with van der Waals surface area (Å²) in [5.74, 6) is 4.74. The minimum Gasteiger partial charge on any atom is -0.462 e. The van der Waals surface area contributed by atoms with Gasteiger partial charge in [-0.2, -0.15) is 0 Å². The summed E-state index contributed by atoms with van der Waals surface area (Å²) >= 11 is 0. The number of hydrogen-bond donors (Lipinski definition) is 0. The van der Waals surface area contributed by atoms with Gasteiger partial charge < -0.3 is 4.74 Å². The molecule has 0 rings (SSSR count). The van der Waals surface area contributed by atoms with Gasteiger partial charge in [-0.05, 0) is 13.3 Å². The molecule has 0 atom stereocenters. The molecule has 0 heterocycles. The Morgan fingerprint density at radius 1 is 1.58 bits per heavy atom. The van der Waals surface area contributed by atoms with Gasteiger partial charge in [-0.3, -0.25) is 0 Å². The molecule has 12 heavy (non-hydrogen) atoms. The van der Waals surface area contributed by atoms with Crippen molar-refractivity contribution in [3.8, 4) is 11.8 Å². The first kappa shape index (κ1) is 10.8. The summed E-state index contributed by atoms with van der Waals surface area (Å²) in [5, 5.41) is 0. The van der Waals surface area contributed by atoms with Crippen LogP contribution in [0, 0.1) is 11.8 Å². The lowest BCUT2D eigenvalue weighted by atomic mass is 10.3. The molecule has 2 heteroatoms. The molecule has 0 aromatic rings. The van der Waals surface area contributed by atoms with E-state index in [1.807, 2.05) is 6.92 Å². The fraction of sp³-hybridized carbons (Fsp3) is 0.500. The number of hydrogen-bond acceptors (Lipinski definition) is 2. The van der Waals surface area contributed by atoms with Gasteiger partial charge in [0.05, 0.1) is 6.61 Å². The van der Waals surface area contributed by atoms with Gasteiger partial charge in [0.15, 0.2) is 0 Å². The van der Waals surface area contributed by atoms with Crippen molar-refractivity contribution in [3.05, 3.63) is 12.2 Å². The second-order valence-electron chi connectivity index (χ2n) is 2.34. The van der Waals surface area contributed by atoms with Crippen molar-refractivity contribution in [2.24, 2.45) is 0 Å². The molecule has 66 valence electrons. The van der Waals surface area contributed by atoms with Crippen LogP contribution in [-0.4, -0.2) is 12.6 Å². The van der Waals surface area contributed by atoms with Crippen molar-refractivity contribution >= 4 is 5.97 Å². The summed E-state index contributed by atoms with van der Waals surface area (Å²) in [6, 6.07) is 0. The third-order valence-electron chi connectivity index (χ3n) is 1.25. The maximum absolute atomic E-state index is 11.0. The van der Waals surface area contributed by atoms with E-state index in [-0.39, 0.29) is 5.57 Å². The standard InChI is InChI=1S/C10H14O2/c1-4-6-8-12-10(11)9(3)7-5-2/h3-4,6,8H2,1-2H3. The van der Waals surface area contributed by atoms with Crippen LogP contribution in [0.3, 0.4) is 0 Å². The highest BCUT2D eigenvalue weighted by Crippen LogP contribution is 1.95. The first-order valence-electron chi connectivity index (χ1n) is 4.01. The molecule has 0 unspecified atom stereocenters. The van der Waals surface area contributed by atoms with Crippen LogP contribution in [0.5, 0.6) is 0 Å². The molecular formula is C10H14O2. The van der Waals surface area contributed by atoms with E-state index in [2.05, 4.69) is 18.4 Å². The fourth-order valence-electron chi connectivity index (χ4n) is 0.598. The normalized spacial score (nSPS) is 8.17. The number of unbranched alkanes of at least 4 members (excludes halogenated alkanes) is 1. The molecular weight excluding hydrogens is 152 g/mol. The third kappa shape index (κ3) is 4.56. The molecule has 0 saturated carbocycles. The van der Waals surface area contributed by atoms with Crippen LogP contribution in [0.2, 0.25) is 0 Å². The highest BCUT2D eigenvalue weighted by molar-refractivity contribution is 5.92. The quantitative estimate of drug-likeness (QED) is 0.276. The molecule has 0 bridgehead atoms. The Balaban J connectivity index is 3.70. The molecule has 0 aromatic heterocycles. The van der Waals surface area contributed by atoms with Crippen LogP contribution in [0.4, 0.5) is 0 Å². The third-order valence-corrected chi connectivity index (χ3v) is 1.25. The highest BCUT2D eigenvalue weighted by atomic mass is 16.5. The Morgan fingerprint density at radius 3 is 2.75 bits per heavy atom. The van der Waals surface area contributed by atoms with Crippen molar-refractivity contribution in [1.29, 1.82) is 0 Å². The van der Waals surface area contributed by atoms with Gasteiger partial charge in [-0.1, -0.05) is 25.8 Å². The minimum absolute atomic E-state index is 0.230. The van der Waals surface area contributed by atoms with Gasteiger partial charge in [0.1, 0.15) is 5.57 Å². The monoisotopic (exact) mass is 166 g/mol. The lowest BCUT2D eigenvalue weighted by molar-refractivity contribution is -0.138. The zero-order valence-electron chi connectivity index (χ0n) is 7.64. The predicted octanol–water partition coefficient (Wildman–Crippen LogP) is 1.91. The van der Waals surface area contributed by atoms with E-state index >= 15 is 0 Å². The summed E-state index contributed by atoms with van der Waals surface area (Å²) in [4.78, 5) is 11.0. The van der Waals surface area contributed by atoms with Gasteiger partial charge in [0.25, 0.3) is 0 Å². The largest absolute Gasteiger partial charge is 0.462 e. The molecule has 0 aliphatic heterocycles. The molecule has 0 radical (unpaired) electrons. The van der Waals surface area contributed by atoms with Crippen LogP contribution in [0.25, 0.3) is 0 Å². The molecule has 0 N–H and O–H groups in total. The van der Waals surface area contributed by atoms with E-state index in [0.29, 0.717) is 6.61 Å². The fourth-order valence-corrected chi connectivity index (χ4v) is 0.598. The Labute approximate surface area is 73.6 Å². The van der Waals surface area contributed by atoms with Crippen LogP contribution < -0.4 is 0 Å². The number of ether oxygens (including phenoxy) is 1. The zero-order valence-corrected chi connectivity index (χ0v) is 7.64. The van der Waals surface area contributed by atoms with Crippen molar-refractivity contribution in [2.75, 3.05) is 6.61 Å². The Bertz CT molecular complexity index is 218. The topological polar surface area (TPSA) is 26.3 Å². The van der Waals surface area contributed by atoms with Gasteiger partial charge in [0.2, 0.25) is 0 Å². The predicted molar refractivity (Wildman–Crippen MR) is 48.5 cm³/mol. The highest BCUT2D eigenvalue weighted by Gasteiger charge is 2.03. The Kier molecular flexibility index (Phi) is 5.81. The van der Waals surface area contributed by atoms with Crippen LogP contribution in [0.1, 0.15) is 26.7 Å². The number of carbonyl (C=O) groups excluding carboxylic acids is 1. The average molecular weight is 166 g/mol. The maximum atomic E-state index is 11.0. The van der Waals surface area contributed by atoms with Gasteiger partial charge in [0, 0.05) is 0 Å². The van der Waals surface area contributed by atoms with Gasteiger partial charge in [-0.25, -0.2) is 4.79 Å². The summed E-state index contributed by atoms with van der Waals surface area (Å²) in [5.41, 5.74) is 0.230. The molecule has 0 amide bonds. The Morgan fingerprint density at radius 2 is 2.25 bits per heavy atom. The van der Waals surface area contributed by atoms with E-state index in [0.717, 1.165) is 12.8 Å². The second kappa shape index (κ2) is 6.48. The Hall–Kier alpha value is -1.23. The lowest BCUT2D eigenvalue weighted by Gasteiger charge is -2.00. The molecule has 0 saturated heterocycles. The van der Waals surface area contributed by atoms with E-state index in [1.165, 1.54) is 0 Å². The average Bonchev–Trinajstić information content (AvgIpc) is 2.05. The summed E-state index contributed by atoms with van der Waals surface area (Å²) in [7, 11) is 0. The molecule has 2 nitrogen and oxygen atoms in total. The van der Waals surface area contributed by atoms with Gasteiger partial charge in [-0.15, -0.1) is 5.92 Å². The zero-order chi connectivity index (χ0) is 9.40.